The van der Waals surface area contributed by atoms with Crippen LogP contribution in [-0.4, -0.2) is 125 Å². The van der Waals surface area contributed by atoms with E-state index < -0.39 is 87.6 Å². The minimum absolute atomic E-state index is 0.00711. The molecule has 7 atom stereocenters. The number of aliphatic hydroxyl groups excluding tert-OH is 1. The number of sulfonamides is 1. The number of aliphatic hydroxyl groups is 1. The van der Waals surface area contributed by atoms with Crippen molar-refractivity contribution in [2.75, 3.05) is 29.3 Å². The van der Waals surface area contributed by atoms with Crippen LogP contribution in [0.5, 0.6) is 11.5 Å². The standard InChI is InChI=1S/C63H75F3N6O12S2/c1-38(40-16-18-43(19-17-40)58-39(2)67-37-85-58)68-60(79)49-33-47(74)35-71(49)61(80)59(62(3,4)5)70-53(76)14-10-8-12-32-83-48-30-26-45(27-31-48)72(36-63(64,65)66)86(81,82)51-34-50-55(41-22-28-46(73)29-23-41)56(57(51)84-50)42-20-24-44(25-21-42)69-52(75)13-9-6-7-11-15-54(77)78/h16-31,37-38,47,49-51,57,59,73-74H,6-15,32-36H2,1-5H3,(H,68,79)(H,69,75)(H,70,76)(H,77,78)/t38-,47-,49+,50-,51?,57+,59-/m1/s1. The van der Waals surface area contributed by atoms with E-state index in [4.69, 9.17) is 14.6 Å². The number of amides is 4. The molecule has 4 amide bonds. The summed E-state index contributed by atoms with van der Waals surface area (Å²) in [6.45, 7) is 7.48. The van der Waals surface area contributed by atoms with Crippen LogP contribution in [0.2, 0.25) is 0 Å². The number of rotatable bonds is 27. The Morgan fingerprint density at radius 2 is 1.40 bits per heavy atom. The Morgan fingerprint density at radius 1 is 0.791 bits per heavy atom. The molecule has 2 saturated heterocycles. The number of β-amino-alcohol motifs (C(OH)–C–C–N with tert-alkyl or cyclic N) is 1. The van der Waals surface area contributed by atoms with Gasteiger partial charge in [0.25, 0.3) is 0 Å². The Kier molecular flexibility index (Phi) is 21.1. The van der Waals surface area contributed by atoms with Crippen molar-refractivity contribution < 1.29 is 70.4 Å². The van der Waals surface area contributed by atoms with Gasteiger partial charge in [0.15, 0.2) is 0 Å². The summed E-state index contributed by atoms with van der Waals surface area (Å²) in [6.07, 6.45) is -3.76. The maximum absolute atomic E-state index is 14.7. The number of aromatic hydroxyl groups is 1. The van der Waals surface area contributed by atoms with Crippen LogP contribution in [0, 0.1) is 12.3 Å². The molecule has 3 aliphatic heterocycles. The van der Waals surface area contributed by atoms with Crippen LogP contribution < -0.4 is 25.0 Å². The van der Waals surface area contributed by atoms with Gasteiger partial charge < -0.3 is 45.6 Å². The molecule has 1 aromatic heterocycles. The SMILES string of the molecule is Cc1ncsc1-c1ccc([C@@H](C)NC(=O)[C@@H]2C[C@@H](O)CN2C(=O)[C@@H](NC(=O)CCCCCOc2ccc(N(CC(F)(F)F)S(=O)(=O)C3C[C@H]4O[C@@H]3C(c3ccc(NC(=O)CCCCCCC(=O)O)cc3)=C4c3ccc(O)cc3)cc2)C(C)(C)C)cc1. The minimum Gasteiger partial charge on any atom is -0.508 e. The Labute approximate surface area is 503 Å². The highest BCUT2D eigenvalue weighted by molar-refractivity contribution is 7.93. The molecule has 0 aliphatic carbocycles. The fourth-order valence-electron chi connectivity index (χ4n) is 11.2. The first kappa shape index (κ1) is 64.7. The van der Waals surface area contributed by atoms with Crippen molar-refractivity contribution in [1.82, 2.24) is 20.5 Å². The Morgan fingerprint density at radius 3 is 2.01 bits per heavy atom. The third-order valence-corrected chi connectivity index (χ3v) is 18.8. The lowest BCUT2D eigenvalue weighted by Crippen LogP contribution is -2.57. The van der Waals surface area contributed by atoms with Gasteiger partial charge in [0.05, 0.1) is 46.6 Å². The normalized spacial score (nSPS) is 19.3. The van der Waals surface area contributed by atoms with E-state index in [1.807, 2.05) is 38.1 Å². The zero-order chi connectivity index (χ0) is 62.1. The highest BCUT2D eigenvalue weighted by atomic mass is 32.2. The number of aryl methyl sites for hydroxylation is 1. The lowest BCUT2D eigenvalue weighted by atomic mass is 9.83. The van der Waals surface area contributed by atoms with E-state index in [0.717, 1.165) is 21.7 Å². The van der Waals surface area contributed by atoms with Crippen molar-refractivity contribution in [3.63, 3.8) is 0 Å². The predicted molar refractivity (Wildman–Crippen MR) is 321 cm³/mol. The summed E-state index contributed by atoms with van der Waals surface area (Å²) in [4.78, 5) is 71.6. The molecule has 18 nitrogen and oxygen atoms in total. The number of carbonyl (C=O) groups excluding carboxylic acids is 4. The van der Waals surface area contributed by atoms with E-state index in [-0.39, 0.29) is 74.3 Å². The molecule has 462 valence electrons. The van der Waals surface area contributed by atoms with Gasteiger partial charge in [-0.2, -0.15) is 13.2 Å². The summed E-state index contributed by atoms with van der Waals surface area (Å²) < 4.78 is 85.2. The highest BCUT2D eigenvalue weighted by Gasteiger charge is 2.55. The number of halogens is 3. The second-order valence-corrected chi connectivity index (χ2v) is 26.3. The zero-order valence-corrected chi connectivity index (χ0v) is 50.4. The molecule has 23 heteroatoms. The molecule has 3 aliphatic rings. The molecule has 2 bridgehead atoms. The van der Waals surface area contributed by atoms with Crippen molar-refractivity contribution >= 4 is 73.5 Å². The van der Waals surface area contributed by atoms with E-state index in [0.29, 0.717) is 77.2 Å². The first-order valence-corrected chi connectivity index (χ1v) is 31.4. The molecule has 5 aromatic rings. The third-order valence-electron chi connectivity index (χ3n) is 15.7. The number of carbonyl (C=O) groups is 5. The number of hydrogen-bond acceptors (Lipinski definition) is 13. The van der Waals surface area contributed by atoms with Crippen molar-refractivity contribution in [2.24, 2.45) is 5.41 Å². The summed E-state index contributed by atoms with van der Waals surface area (Å²) in [6, 6.07) is 23.6. The number of carboxylic acids is 1. The molecular formula is C63H75F3N6O12S2. The number of carboxylic acid groups (broad SMARTS) is 1. The summed E-state index contributed by atoms with van der Waals surface area (Å²) in [5.74, 6) is -2.13. The number of hydrogen-bond donors (Lipinski definition) is 6. The Hall–Kier alpha value is -7.34. The van der Waals surface area contributed by atoms with Crippen LogP contribution in [0.4, 0.5) is 24.5 Å². The van der Waals surface area contributed by atoms with Crippen LogP contribution in [0.3, 0.4) is 0 Å². The number of benzene rings is 4. The van der Waals surface area contributed by atoms with Gasteiger partial charge in [0.2, 0.25) is 33.7 Å². The monoisotopic (exact) mass is 1230 g/mol. The average molecular weight is 1230 g/mol. The fraction of sp³-hybridized carbons (Fsp3) is 0.460. The Balaban J connectivity index is 0.844. The van der Waals surface area contributed by atoms with Crippen molar-refractivity contribution in [2.45, 2.75) is 160 Å². The number of likely N-dealkylation sites (tertiary alicyclic amines) is 1. The average Bonchev–Trinajstić information content (AvgIpc) is 1.58. The van der Waals surface area contributed by atoms with Crippen LogP contribution >= 0.6 is 11.3 Å². The molecule has 8 rings (SSSR count). The van der Waals surface area contributed by atoms with E-state index in [1.165, 1.54) is 41.3 Å². The molecular weight excluding hydrogens is 1150 g/mol. The van der Waals surface area contributed by atoms with E-state index >= 15 is 0 Å². The summed E-state index contributed by atoms with van der Waals surface area (Å²) in [7, 11) is -4.81. The molecule has 0 radical (unpaired) electrons. The van der Waals surface area contributed by atoms with Crippen LogP contribution in [0.15, 0.2) is 103 Å². The number of anilines is 2. The second kappa shape index (κ2) is 28.0. The molecule has 4 heterocycles. The van der Waals surface area contributed by atoms with Gasteiger partial charge >= 0.3 is 12.1 Å². The number of aromatic nitrogens is 1. The van der Waals surface area contributed by atoms with Gasteiger partial charge in [-0.1, -0.05) is 82.1 Å². The van der Waals surface area contributed by atoms with E-state index in [2.05, 4.69) is 20.9 Å². The number of nitrogens with zero attached hydrogens (tertiary/aromatic N) is 3. The smallest absolute Gasteiger partial charge is 0.407 e. The number of fused-ring (bicyclic) bond motifs is 2. The van der Waals surface area contributed by atoms with Gasteiger partial charge in [-0.25, -0.2) is 13.4 Å². The number of phenolic OH excluding ortho intramolecular Hbond substituents is 1. The first-order valence-electron chi connectivity index (χ1n) is 29.0. The topological polar surface area (TPSA) is 254 Å². The first-order chi connectivity index (χ1) is 40.8. The largest absolute Gasteiger partial charge is 0.508 e. The van der Waals surface area contributed by atoms with Crippen LogP contribution in [0.1, 0.15) is 133 Å². The number of aliphatic carboxylic acids is 1. The van der Waals surface area contributed by atoms with Gasteiger partial charge in [0, 0.05) is 37.9 Å². The Bertz CT molecular complexity index is 3330. The fourth-order valence-corrected chi connectivity index (χ4v) is 14.1. The molecule has 0 saturated carbocycles. The van der Waals surface area contributed by atoms with Gasteiger partial charge in [-0.05, 0) is 140 Å². The minimum atomic E-state index is -4.94. The number of ether oxygens (including phenoxy) is 2. The molecule has 0 spiro atoms. The highest BCUT2D eigenvalue weighted by Crippen LogP contribution is 2.52. The third kappa shape index (κ3) is 16.4. The number of thiazole rings is 1. The molecule has 6 N–H and O–H groups in total. The van der Waals surface area contributed by atoms with Crippen molar-refractivity contribution in [1.29, 1.82) is 0 Å². The summed E-state index contributed by atoms with van der Waals surface area (Å²) in [5, 5.41) is 36.9. The van der Waals surface area contributed by atoms with Crippen molar-refractivity contribution in [3.05, 3.63) is 125 Å². The molecule has 1 unspecified atom stereocenters. The van der Waals surface area contributed by atoms with Crippen molar-refractivity contribution in [3.8, 4) is 21.9 Å². The number of nitrogens with one attached hydrogen (secondary N) is 3. The van der Waals surface area contributed by atoms with Gasteiger partial charge in [-0.15, -0.1) is 11.3 Å². The maximum Gasteiger partial charge on any atom is 0.407 e. The van der Waals surface area contributed by atoms with Gasteiger partial charge in [0.1, 0.15) is 41.5 Å². The molecule has 86 heavy (non-hydrogen) atoms. The summed E-state index contributed by atoms with van der Waals surface area (Å²) >= 11 is 1.54. The second-order valence-electron chi connectivity index (χ2n) is 23.3. The quantitative estimate of drug-likeness (QED) is 0.0268. The maximum atomic E-state index is 14.7. The van der Waals surface area contributed by atoms with Crippen LogP contribution in [-0.2, 0) is 38.7 Å². The van der Waals surface area contributed by atoms with E-state index in [9.17, 15) is 55.8 Å². The molecule has 4 aromatic carbocycles. The lowest BCUT2D eigenvalue weighted by molar-refractivity contribution is -0.144. The predicted octanol–water partition coefficient (Wildman–Crippen LogP) is 10.3. The number of alkyl halides is 3. The van der Waals surface area contributed by atoms with E-state index in [1.54, 1.807) is 74.0 Å². The number of unbranched alkanes of at least 4 members (excludes halogenated alkanes) is 5. The molecule has 2 fully saturated rings. The zero-order valence-electron chi connectivity index (χ0n) is 48.8. The summed E-state index contributed by atoms with van der Waals surface area (Å²) in [5.41, 5.74) is 6.27. The van der Waals surface area contributed by atoms with Crippen LogP contribution in [0.25, 0.3) is 21.6 Å². The number of phenols is 1. The van der Waals surface area contributed by atoms with Gasteiger partial charge in [-0.3, -0.25) is 28.3 Å². The lowest BCUT2D eigenvalue weighted by Gasteiger charge is -2.35.